The number of nitriles is 2. The van der Waals surface area contributed by atoms with Gasteiger partial charge in [0.2, 0.25) is 0 Å². The summed E-state index contributed by atoms with van der Waals surface area (Å²) in [4.78, 5) is 4.96. The third-order valence-corrected chi connectivity index (χ3v) is 9.00. The number of pyridine rings is 1. The molecule has 46 heavy (non-hydrogen) atoms. The topological polar surface area (TPSA) is 70.3 Å². The van der Waals surface area contributed by atoms with Crippen LogP contribution in [0.5, 0.6) is 0 Å². The monoisotopic (exact) mass is 585 g/mol. The Labute approximate surface area is 264 Å². The molecule has 5 heteroatoms. The fourth-order valence-corrected chi connectivity index (χ4v) is 6.97. The maximum Gasteiger partial charge on any atom is 0.157 e. The van der Waals surface area contributed by atoms with Gasteiger partial charge in [-0.05, 0) is 65.7 Å². The van der Waals surface area contributed by atoms with Gasteiger partial charge in [-0.2, -0.15) is 10.5 Å². The van der Waals surface area contributed by atoms with Crippen LogP contribution in [0.25, 0.3) is 77.1 Å². The zero-order valence-electron chi connectivity index (χ0n) is 24.5. The lowest BCUT2D eigenvalue weighted by atomic mass is 10.0. The summed E-state index contributed by atoms with van der Waals surface area (Å²) in [6, 6.07) is 52.4. The molecule has 0 saturated heterocycles. The second-order valence-electron chi connectivity index (χ2n) is 11.4. The molecule has 0 amide bonds. The van der Waals surface area contributed by atoms with Crippen molar-refractivity contribution in [1.29, 1.82) is 10.5 Å². The molecule has 0 N–H and O–H groups in total. The third-order valence-electron chi connectivity index (χ3n) is 9.00. The van der Waals surface area contributed by atoms with Gasteiger partial charge in [-0.15, -0.1) is 0 Å². The van der Waals surface area contributed by atoms with Gasteiger partial charge in [-0.25, -0.2) is 4.98 Å². The van der Waals surface area contributed by atoms with Crippen LogP contribution < -0.4 is 0 Å². The molecule has 0 unspecified atom stereocenters. The first-order valence-electron chi connectivity index (χ1n) is 15.1. The molecule has 9 aromatic rings. The van der Waals surface area contributed by atoms with Crippen LogP contribution in [0.3, 0.4) is 0 Å². The van der Waals surface area contributed by atoms with E-state index in [1.54, 1.807) is 0 Å². The zero-order chi connectivity index (χ0) is 30.8. The predicted molar refractivity (Wildman–Crippen MR) is 185 cm³/mol. The van der Waals surface area contributed by atoms with E-state index in [0.29, 0.717) is 22.3 Å². The molecule has 6 aromatic carbocycles. The summed E-state index contributed by atoms with van der Waals surface area (Å²) in [6.07, 6.45) is 0. The van der Waals surface area contributed by atoms with E-state index in [9.17, 15) is 10.5 Å². The minimum absolute atomic E-state index is 0.271. The van der Waals surface area contributed by atoms with Gasteiger partial charge >= 0.3 is 0 Å². The Bertz CT molecular complexity index is 2770. The van der Waals surface area contributed by atoms with Gasteiger partial charge < -0.3 is 4.57 Å². The fraction of sp³-hybridized carbons (Fsp3) is 0. The normalized spacial score (nSPS) is 11.4. The van der Waals surface area contributed by atoms with Crippen molar-refractivity contribution in [3.05, 3.63) is 151 Å². The second-order valence-corrected chi connectivity index (χ2v) is 11.4. The summed E-state index contributed by atoms with van der Waals surface area (Å²) in [5.74, 6) is 0.465. The Hall–Kier alpha value is -6.69. The smallest absolute Gasteiger partial charge is 0.157 e. The highest BCUT2D eigenvalue weighted by Gasteiger charge is 2.21. The van der Waals surface area contributed by atoms with Gasteiger partial charge in [-0.3, -0.25) is 4.57 Å². The van der Waals surface area contributed by atoms with Gasteiger partial charge in [0.1, 0.15) is 17.7 Å². The molecule has 0 radical (unpaired) electrons. The minimum atomic E-state index is 0.271. The third kappa shape index (κ3) is 3.64. The Morgan fingerprint density at radius 1 is 0.435 bits per heavy atom. The SMILES string of the molecule is N#Cc1c(-n2c3ccccc3c3cc(-c4ccc5c(c4)c4ccccc4n5-c4ccccc4)ccc32)nc2ccccc2c1C#N. The maximum absolute atomic E-state index is 10.3. The van der Waals surface area contributed by atoms with Crippen molar-refractivity contribution in [1.82, 2.24) is 14.1 Å². The van der Waals surface area contributed by atoms with Crippen LogP contribution in [0.1, 0.15) is 11.1 Å². The van der Waals surface area contributed by atoms with Crippen LogP contribution in [0.15, 0.2) is 140 Å². The molecule has 0 atom stereocenters. The van der Waals surface area contributed by atoms with E-state index in [1.165, 1.54) is 16.3 Å². The quantitative estimate of drug-likeness (QED) is 0.207. The highest BCUT2D eigenvalue weighted by Crippen LogP contribution is 2.39. The first-order chi connectivity index (χ1) is 22.7. The Morgan fingerprint density at radius 3 is 1.57 bits per heavy atom. The fourth-order valence-electron chi connectivity index (χ4n) is 6.97. The summed E-state index contributed by atoms with van der Waals surface area (Å²) in [6.45, 7) is 0. The van der Waals surface area contributed by atoms with Crippen LogP contribution in [0, 0.1) is 22.7 Å². The number of rotatable bonds is 3. The van der Waals surface area contributed by atoms with Crippen molar-refractivity contribution in [3.8, 4) is 34.8 Å². The lowest BCUT2D eigenvalue weighted by molar-refractivity contribution is 1.09. The molecule has 0 aliphatic carbocycles. The van der Waals surface area contributed by atoms with E-state index in [4.69, 9.17) is 4.98 Å². The Morgan fingerprint density at radius 2 is 0.935 bits per heavy atom. The van der Waals surface area contributed by atoms with Gasteiger partial charge in [0.15, 0.2) is 5.82 Å². The van der Waals surface area contributed by atoms with Crippen molar-refractivity contribution in [2.24, 2.45) is 0 Å². The molecule has 0 aliphatic heterocycles. The summed E-state index contributed by atoms with van der Waals surface area (Å²) >= 11 is 0. The van der Waals surface area contributed by atoms with Crippen LogP contribution in [-0.4, -0.2) is 14.1 Å². The molecular formula is C41H23N5. The maximum atomic E-state index is 10.3. The predicted octanol–water partition coefficient (Wildman–Crippen LogP) is 9.84. The van der Waals surface area contributed by atoms with E-state index in [0.717, 1.165) is 44.1 Å². The minimum Gasteiger partial charge on any atom is -0.309 e. The van der Waals surface area contributed by atoms with Crippen LogP contribution in [-0.2, 0) is 0 Å². The standard InChI is InChI=1S/C41H23N5/c42-24-34-29-12-4-7-15-36(29)44-41(35(34)25-43)46-38-17-9-6-14-31(38)33-23-27(19-21-40(33)46)26-18-20-39-32(22-26)30-13-5-8-16-37(30)45(39)28-10-2-1-3-11-28/h1-23H. The number of hydrogen-bond acceptors (Lipinski definition) is 3. The van der Waals surface area contributed by atoms with E-state index < -0.39 is 0 Å². The average Bonchev–Trinajstić information content (AvgIpc) is 3.63. The zero-order valence-corrected chi connectivity index (χ0v) is 24.5. The largest absolute Gasteiger partial charge is 0.309 e. The lowest BCUT2D eigenvalue weighted by Crippen LogP contribution is -2.04. The van der Waals surface area contributed by atoms with Gasteiger partial charge in [-0.1, -0.05) is 84.9 Å². The van der Waals surface area contributed by atoms with Gasteiger partial charge in [0, 0.05) is 32.6 Å². The van der Waals surface area contributed by atoms with Crippen molar-refractivity contribution in [2.75, 3.05) is 0 Å². The summed E-state index contributed by atoms with van der Waals surface area (Å²) in [5, 5.41) is 25.6. The van der Waals surface area contributed by atoms with Crippen LogP contribution in [0.4, 0.5) is 0 Å². The molecule has 3 aromatic heterocycles. The summed E-state index contributed by atoms with van der Waals surface area (Å²) < 4.78 is 4.35. The molecule has 3 heterocycles. The summed E-state index contributed by atoms with van der Waals surface area (Å²) in [7, 11) is 0. The molecule has 0 spiro atoms. The van der Waals surface area contributed by atoms with Crippen molar-refractivity contribution in [3.63, 3.8) is 0 Å². The van der Waals surface area contributed by atoms with E-state index in [2.05, 4.69) is 108 Å². The molecule has 0 fully saturated rings. The Kier molecular flexibility index (Phi) is 5.56. The van der Waals surface area contributed by atoms with Crippen molar-refractivity contribution in [2.45, 2.75) is 0 Å². The number of nitrogens with zero attached hydrogens (tertiary/aromatic N) is 5. The Balaban J connectivity index is 1.29. The number of aromatic nitrogens is 3. The van der Waals surface area contributed by atoms with E-state index in [-0.39, 0.29) is 5.56 Å². The van der Waals surface area contributed by atoms with Crippen LogP contribution in [0.2, 0.25) is 0 Å². The second kappa shape index (κ2) is 9.92. The molecule has 0 bridgehead atoms. The number of hydrogen-bond donors (Lipinski definition) is 0. The highest BCUT2D eigenvalue weighted by molar-refractivity contribution is 6.13. The molecule has 5 nitrogen and oxygen atoms in total. The molecule has 0 saturated carbocycles. The van der Waals surface area contributed by atoms with Crippen molar-refractivity contribution < 1.29 is 0 Å². The highest BCUT2D eigenvalue weighted by atomic mass is 15.1. The van der Waals surface area contributed by atoms with E-state index in [1.807, 2.05) is 53.1 Å². The first kappa shape index (κ1) is 25.8. The molecule has 9 rings (SSSR count). The molecule has 212 valence electrons. The van der Waals surface area contributed by atoms with E-state index >= 15 is 0 Å². The van der Waals surface area contributed by atoms with Crippen LogP contribution >= 0.6 is 0 Å². The number of benzene rings is 6. The number of fused-ring (bicyclic) bond motifs is 7. The lowest BCUT2D eigenvalue weighted by Gasteiger charge is -2.12. The molecular weight excluding hydrogens is 562 g/mol. The summed E-state index contributed by atoms with van der Waals surface area (Å²) in [5.41, 5.74) is 8.83. The molecule has 0 aliphatic rings. The first-order valence-corrected chi connectivity index (χ1v) is 15.1. The van der Waals surface area contributed by atoms with Crippen molar-refractivity contribution >= 4 is 54.5 Å². The van der Waals surface area contributed by atoms with Gasteiger partial charge in [0.05, 0.1) is 33.1 Å². The number of para-hydroxylation sites is 4. The average molecular weight is 586 g/mol. The van der Waals surface area contributed by atoms with Gasteiger partial charge in [0.25, 0.3) is 0 Å².